The fourth-order valence-corrected chi connectivity index (χ4v) is 3.54. The van der Waals surface area contributed by atoms with Crippen molar-refractivity contribution in [2.24, 2.45) is 0 Å². The largest absolute Gasteiger partial charge is 0.467 e. The highest BCUT2D eigenvalue weighted by Crippen LogP contribution is 2.13. The predicted octanol–water partition coefficient (Wildman–Crippen LogP) is 4.52. The molecule has 0 fully saturated rings. The van der Waals surface area contributed by atoms with Gasteiger partial charge in [0.15, 0.2) is 0 Å². The first-order valence-corrected chi connectivity index (χ1v) is 11.8. The van der Waals surface area contributed by atoms with Crippen LogP contribution < -0.4 is 16.0 Å². The lowest BCUT2D eigenvalue weighted by molar-refractivity contribution is -0.114. The standard InChI is InChI=1S/C27H32N4O4/c1-3-15-31(16-4-2)27(34)21-9-11-22(12-10-21)28-19-25(32)30-23-13-7-20(8-14-23)26(33)29-18-24-6-5-17-35-24/h5-14,17,28H,3-4,15-16,18-19H2,1-2H3,(H,29,33)(H,30,32). The molecule has 184 valence electrons. The molecule has 0 atom stereocenters. The smallest absolute Gasteiger partial charge is 0.253 e. The molecule has 35 heavy (non-hydrogen) atoms. The average molecular weight is 477 g/mol. The summed E-state index contributed by atoms with van der Waals surface area (Å²) in [6.45, 7) is 5.97. The molecule has 8 nitrogen and oxygen atoms in total. The average Bonchev–Trinajstić information content (AvgIpc) is 3.40. The van der Waals surface area contributed by atoms with Crippen molar-refractivity contribution < 1.29 is 18.8 Å². The summed E-state index contributed by atoms with van der Waals surface area (Å²) in [5, 5.41) is 8.63. The maximum absolute atomic E-state index is 12.7. The molecule has 0 bridgehead atoms. The van der Waals surface area contributed by atoms with E-state index in [4.69, 9.17) is 4.42 Å². The minimum atomic E-state index is -0.226. The summed E-state index contributed by atoms with van der Waals surface area (Å²) in [6.07, 6.45) is 3.39. The minimum Gasteiger partial charge on any atom is -0.467 e. The summed E-state index contributed by atoms with van der Waals surface area (Å²) in [5.74, 6) is 0.245. The second-order valence-corrected chi connectivity index (χ2v) is 8.11. The van der Waals surface area contributed by atoms with E-state index in [1.165, 1.54) is 0 Å². The topological polar surface area (TPSA) is 104 Å². The molecule has 8 heteroatoms. The number of nitrogens with one attached hydrogen (secondary N) is 3. The van der Waals surface area contributed by atoms with E-state index in [9.17, 15) is 14.4 Å². The molecule has 0 saturated heterocycles. The van der Waals surface area contributed by atoms with Crippen LogP contribution in [0.15, 0.2) is 71.3 Å². The number of carbonyl (C=O) groups excluding carboxylic acids is 3. The van der Waals surface area contributed by atoms with Crippen molar-refractivity contribution in [2.75, 3.05) is 30.3 Å². The van der Waals surface area contributed by atoms with E-state index in [1.54, 1.807) is 66.9 Å². The van der Waals surface area contributed by atoms with Crippen LogP contribution in [0.25, 0.3) is 0 Å². The number of benzene rings is 2. The second-order valence-electron chi connectivity index (χ2n) is 8.11. The lowest BCUT2D eigenvalue weighted by Crippen LogP contribution is -2.32. The molecule has 0 radical (unpaired) electrons. The number of hydrogen-bond donors (Lipinski definition) is 3. The van der Waals surface area contributed by atoms with Crippen molar-refractivity contribution >= 4 is 29.1 Å². The number of nitrogens with zero attached hydrogens (tertiary/aromatic N) is 1. The van der Waals surface area contributed by atoms with Crippen molar-refractivity contribution in [2.45, 2.75) is 33.2 Å². The van der Waals surface area contributed by atoms with Gasteiger partial charge in [0.2, 0.25) is 5.91 Å². The molecule has 0 saturated carbocycles. The van der Waals surface area contributed by atoms with Crippen molar-refractivity contribution in [3.8, 4) is 0 Å². The van der Waals surface area contributed by atoms with Crippen LogP contribution in [0.1, 0.15) is 53.2 Å². The number of anilines is 2. The van der Waals surface area contributed by atoms with Crippen LogP contribution in [0, 0.1) is 0 Å². The first-order valence-electron chi connectivity index (χ1n) is 11.8. The van der Waals surface area contributed by atoms with Crippen molar-refractivity contribution in [3.05, 3.63) is 83.8 Å². The molecule has 3 rings (SSSR count). The number of rotatable bonds is 12. The van der Waals surface area contributed by atoms with E-state index in [0.29, 0.717) is 29.1 Å². The zero-order valence-corrected chi connectivity index (χ0v) is 20.2. The van der Waals surface area contributed by atoms with Gasteiger partial charge < -0.3 is 25.3 Å². The fourth-order valence-electron chi connectivity index (χ4n) is 3.54. The van der Waals surface area contributed by atoms with E-state index >= 15 is 0 Å². The van der Waals surface area contributed by atoms with Crippen molar-refractivity contribution in [1.29, 1.82) is 0 Å². The van der Waals surface area contributed by atoms with Gasteiger partial charge in [-0.15, -0.1) is 0 Å². The maximum Gasteiger partial charge on any atom is 0.253 e. The normalized spacial score (nSPS) is 10.5. The van der Waals surface area contributed by atoms with Crippen molar-refractivity contribution in [1.82, 2.24) is 10.2 Å². The summed E-state index contributed by atoms with van der Waals surface area (Å²) in [6, 6.07) is 17.4. The van der Waals surface area contributed by atoms with Gasteiger partial charge >= 0.3 is 0 Å². The van der Waals surface area contributed by atoms with Crippen LogP contribution in [-0.2, 0) is 11.3 Å². The van der Waals surface area contributed by atoms with Gasteiger partial charge in [0.1, 0.15) is 5.76 Å². The van der Waals surface area contributed by atoms with Crippen LogP contribution in [0.4, 0.5) is 11.4 Å². The van der Waals surface area contributed by atoms with E-state index in [2.05, 4.69) is 29.8 Å². The third-order valence-electron chi connectivity index (χ3n) is 5.29. The van der Waals surface area contributed by atoms with Gasteiger partial charge in [-0.2, -0.15) is 0 Å². The third-order valence-corrected chi connectivity index (χ3v) is 5.29. The Morgan fingerprint density at radius 1 is 0.829 bits per heavy atom. The molecule has 0 aliphatic carbocycles. The zero-order chi connectivity index (χ0) is 25.0. The lowest BCUT2D eigenvalue weighted by Gasteiger charge is -2.21. The Hall–Kier alpha value is -4.07. The van der Waals surface area contributed by atoms with E-state index in [1.807, 2.05) is 4.90 Å². The lowest BCUT2D eigenvalue weighted by atomic mass is 10.1. The van der Waals surface area contributed by atoms with E-state index in [-0.39, 0.29) is 24.3 Å². The molecule has 0 spiro atoms. The molecule has 0 unspecified atom stereocenters. The van der Waals surface area contributed by atoms with Gasteiger partial charge in [-0.05, 0) is 73.5 Å². The summed E-state index contributed by atoms with van der Waals surface area (Å²) in [7, 11) is 0. The molecular formula is C27H32N4O4. The van der Waals surface area contributed by atoms with Crippen LogP contribution in [0.5, 0.6) is 0 Å². The maximum atomic E-state index is 12.7. The SMILES string of the molecule is CCCN(CCC)C(=O)c1ccc(NCC(=O)Nc2ccc(C(=O)NCc3ccco3)cc2)cc1. The van der Waals surface area contributed by atoms with Gasteiger partial charge in [0.05, 0.1) is 19.4 Å². The first kappa shape index (κ1) is 25.6. The highest BCUT2D eigenvalue weighted by Gasteiger charge is 2.14. The number of carbonyl (C=O) groups is 3. The summed E-state index contributed by atoms with van der Waals surface area (Å²) in [5.41, 5.74) is 2.46. The number of hydrogen-bond acceptors (Lipinski definition) is 5. The van der Waals surface area contributed by atoms with E-state index in [0.717, 1.165) is 31.6 Å². The van der Waals surface area contributed by atoms with Gasteiger partial charge in [0, 0.05) is 35.6 Å². The Morgan fingerprint density at radius 2 is 1.46 bits per heavy atom. The Kier molecular flexibility index (Phi) is 9.48. The predicted molar refractivity (Wildman–Crippen MR) is 136 cm³/mol. The Morgan fingerprint density at radius 3 is 2.06 bits per heavy atom. The van der Waals surface area contributed by atoms with Crippen LogP contribution in [0.3, 0.4) is 0 Å². The Bertz CT molecular complexity index is 1090. The highest BCUT2D eigenvalue weighted by molar-refractivity contribution is 5.97. The van der Waals surface area contributed by atoms with Gasteiger partial charge in [0.25, 0.3) is 11.8 Å². The first-order chi connectivity index (χ1) is 17.0. The van der Waals surface area contributed by atoms with Crippen LogP contribution >= 0.6 is 0 Å². The molecule has 0 aliphatic heterocycles. The molecule has 0 aliphatic rings. The summed E-state index contributed by atoms with van der Waals surface area (Å²) >= 11 is 0. The van der Waals surface area contributed by atoms with Gasteiger partial charge in [-0.3, -0.25) is 14.4 Å². The summed E-state index contributed by atoms with van der Waals surface area (Å²) in [4.78, 5) is 39.1. The minimum absolute atomic E-state index is 0.0242. The fraction of sp³-hybridized carbons (Fsp3) is 0.296. The summed E-state index contributed by atoms with van der Waals surface area (Å²) < 4.78 is 5.20. The number of furan rings is 1. The van der Waals surface area contributed by atoms with Crippen molar-refractivity contribution in [3.63, 3.8) is 0 Å². The Balaban J connectivity index is 1.45. The van der Waals surface area contributed by atoms with Crippen LogP contribution in [0.2, 0.25) is 0 Å². The molecule has 2 aromatic carbocycles. The van der Waals surface area contributed by atoms with E-state index < -0.39 is 0 Å². The Labute approximate surface area is 205 Å². The quantitative estimate of drug-likeness (QED) is 0.357. The highest BCUT2D eigenvalue weighted by atomic mass is 16.3. The monoisotopic (exact) mass is 476 g/mol. The number of amides is 3. The van der Waals surface area contributed by atoms with Crippen LogP contribution in [-0.4, -0.2) is 42.3 Å². The molecule has 1 aromatic heterocycles. The molecule has 3 amide bonds. The van der Waals surface area contributed by atoms with Gasteiger partial charge in [-0.1, -0.05) is 13.8 Å². The second kappa shape index (κ2) is 13.0. The molecule has 3 N–H and O–H groups in total. The third kappa shape index (κ3) is 7.74. The molecular weight excluding hydrogens is 444 g/mol. The zero-order valence-electron chi connectivity index (χ0n) is 20.2. The molecule has 3 aromatic rings. The molecule has 1 heterocycles. The van der Waals surface area contributed by atoms with Gasteiger partial charge in [-0.25, -0.2) is 0 Å².